The quantitative estimate of drug-likeness (QED) is 0.533. The highest BCUT2D eigenvalue weighted by Crippen LogP contribution is 2.50. The van der Waals surface area contributed by atoms with Gasteiger partial charge in [-0.2, -0.15) is 0 Å². The summed E-state index contributed by atoms with van der Waals surface area (Å²) in [7, 11) is 0. The zero-order chi connectivity index (χ0) is 6.85. The van der Waals surface area contributed by atoms with Crippen molar-refractivity contribution in [2.24, 2.45) is 0 Å². The molecule has 1 saturated heterocycles. The summed E-state index contributed by atoms with van der Waals surface area (Å²) in [6, 6.07) is 0. The van der Waals surface area contributed by atoms with Crippen LogP contribution in [-0.2, 0) is 0 Å². The minimum absolute atomic E-state index is 0.893. The first-order valence-electron chi connectivity index (χ1n) is 3.65. The van der Waals surface area contributed by atoms with Gasteiger partial charge in [0, 0.05) is 5.25 Å². The molecule has 0 aromatic rings. The van der Waals surface area contributed by atoms with Crippen LogP contribution in [0.25, 0.3) is 0 Å². The molecule has 1 heteroatoms. The third-order valence-corrected chi connectivity index (χ3v) is 3.31. The van der Waals surface area contributed by atoms with Gasteiger partial charge in [0.2, 0.25) is 0 Å². The molecule has 0 N–H and O–H groups in total. The van der Waals surface area contributed by atoms with Crippen LogP contribution in [0.1, 0.15) is 33.6 Å². The summed E-state index contributed by atoms with van der Waals surface area (Å²) in [5.74, 6) is 0. The maximum Gasteiger partial charge on any atom is 0.0398 e. The first-order chi connectivity index (χ1) is 4.29. The van der Waals surface area contributed by atoms with E-state index in [2.05, 4.69) is 20.8 Å². The van der Waals surface area contributed by atoms with Crippen molar-refractivity contribution in [1.82, 2.24) is 0 Å². The highest BCUT2D eigenvalue weighted by molar-refractivity contribution is 8.11. The SMILES string of the molecule is CC/C(C)=C1/SC1CC. The van der Waals surface area contributed by atoms with Crippen LogP contribution in [0.15, 0.2) is 10.5 Å². The lowest BCUT2D eigenvalue weighted by molar-refractivity contribution is 0.986. The first-order valence-corrected chi connectivity index (χ1v) is 4.53. The summed E-state index contributed by atoms with van der Waals surface area (Å²) in [5.41, 5.74) is 1.60. The molecule has 0 radical (unpaired) electrons. The highest BCUT2D eigenvalue weighted by Gasteiger charge is 2.30. The van der Waals surface area contributed by atoms with Crippen molar-refractivity contribution in [3.05, 3.63) is 10.5 Å². The van der Waals surface area contributed by atoms with E-state index in [1.165, 1.54) is 12.8 Å². The summed E-state index contributed by atoms with van der Waals surface area (Å²) in [5, 5.41) is 0.893. The van der Waals surface area contributed by atoms with Crippen LogP contribution in [0.5, 0.6) is 0 Å². The predicted octanol–water partition coefficient (Wildman–Crippen LogP) is 3.20. The Labute approximate surface area is 61.7 Å². The van der Waals surface area contributed by atoms with Crippen molar-refractivity contribution in [2.75, 3.05) is 0 Å². The van der Waals surface area contributed by atoms with Gasteiger partial charge >= 0.3 is 0 Å². The van der Waals surface area contributed by atoms with E-state index in [9.17, 15) is 0 Å². The molecule has 0 bridgehead atoms. The average molecular weight is 142 g/mol. The minimum atomic E-state index is 0.893. The monoisotopic (exact) mass is 142 g/mol. The summed E-state index contributed by atoms with van der Waals surface area (Å²) < 4.78 is 0. The Hall–Kier alpha value is 0.0900. The topological polar surface area (TPSA) is 0 Å². The maximum absolute atomic E-state index is 2.26. The van der Waals surface area contributed by atoms with Gasteiger partial charge in [0.1, 0.15) is 0 Å². The van der Waals surface area contributed by atoms with Crippen molar-refractivity contribution < 1.29 is 0 Å². The Kier molecular flexibility index (Phi) is 2.23. The molecule has 52 valence electrons. The zero-order valence-electron chi connectivity index (χ0n) is 6.40. The summed E-state index contributed by atoms with van der Waals surface area (Å²) in [6.45, 7) is 6.74. The molecule has 1 heterocycles. The zero-order valence-corrected chi connectivity index (χ0v) is 7.22. The van der Waals surface area contributed by atoms with E-state index in [0.29, 0.717) is 0 Å². The van der Waals surface area contributed by atoms with Gasteiger partial charge in [0.15, 0.2) is 0 Å². The number of hydrogen-bond acceptors (Lipinski definition) is 1. The Morgan fingerprint density at radius 3 is 2.56 bits per heavy atom. The van der Waals surface area contributed by atoms with Crippen LogP contribution in [0.3, 0.4) is 0 Å². The molecule has 1 fully saturated rings. The van der Waals surface area contributed by atoms with E-state index in [-0.39, 0.29) is 0 Å². The predicted molar refractivity (Wildman–Crippen MR) is 44.7 cm³/mol. The second kappa shape index (κ2) is 2.78. The van der Waals surface area contributed by atoms with Crippen molar-refractivity contribution in [3.8, 4) is 0 Å². The van der Waals surface area contributed by atoms with Gasteiger partial charge < -0.3 is 0 Å². The fourth-order valence-corrected chi connectivity index (χ4v) is 2.06. The van der Waals surface area contributed by atoms with E-state index >= 15 is 0 Å². The van der Waals surface area contributed by atoms with Gasteiger partial charge in [-0.05, 0) is 24.7 Å². The molecule has 0 nitrogen and oxygen atoms in total. The van der Waals surface area contributed by atoms with Crippen molar-refractivity contribution in [3.63, 3.8) is 0 Å². The van der Waals surface area contributed by atoms with Crippen LogP contribution in [-0.4, -0.2) is 5.25 Å². The third-order valence-electron chi connectivity index (χ3n) is 1.83. The molecule has 1 aliphatic rings. The second-order valence-corrected chi connectivity index (χ2v) is 3.76. The van der Waals surface area contributed by atoms with Crippen molar-refractivity contribution >= 4 is 11.8 Å². The van der Waals surface area contributed by atoms with Crippen molar-refractivity contribution in [2.45, 2.75) is 38.9 Å². The van der Waals surface area contributed by atoms with Gasteiger partial charge in [-0.3, -0.25) is 0 Å². The van der Waals surface area contributed by atoms with Crippen LogP contribution >= 0.6 is 11.8 Å². The molecule has 1 aliphatic heterocycles. The summed E-state index contributed by atoms with van der Waals surface area (Å²) in [6.07, 6.45) is 2.55. The molecule has 0 aromatic heterocycles. The van der Waals surface area contributed by atoms with E-state index in [1.807, 2.05) is 11.8 Å². The van der Waals surface area contributed by atoms with Crippen molar-refractivity contribution in [1.29, 1.82) is 0 Å². The minimum Gasteiger partial charge on any atom is -0.121 e. The molecular formula is C8H14S. The molecule has 0 aliphatic carbocycles. The fourth-order valence-electron chi connectivity index (χ4n) is 0.938. The smallest absolute Gasteiger partial charge is 0.0398 e. The van der Waals surface area contributed by atoms with E-state index in [0.717, 1.165) is 5.25 Å². The van der Waals surface area contributed by atoms with Crippen LogP contribution in [0, 0.1) is 0 Å². The summed E-state index contributed by atoms with van der Waals surface area (Å²) >= 11 is 2.05. The number of rotatable bonds is 2. The number of thioether (sulfide) groups is 1. The van der Waals surface area contributed by atoms with E-state index in [1.54, 1.807) is 10.5 Å². The Morgan fingerprint density at radius 1 is 1.56 bits per heavy atom. The number of hydrogen-bond donors (Lipinski definition) is 0. The number of allylic oxidation sites excluding steroid dienone is 1. The molecule has 1 unspecified atom stereocenters. The normalized spacial score (nSPS) is 30.3. The largest absolute Gasteiger partial charge is 0.121 e. The third kappa shape index (κ3) is 1.51. The van der Waals surface area contributed by atoms with Gasteiger partial charge in [-0.1, -0.05) is 19.4 Å². The van der Waals surface area contributed by atoms with Gasteiger partial charge in [0.05, 0.1) is 0 Å². The fraction of sp³-hybridized carbons (Fsp3) is 0.750. The van der Waals surface area contributed by atoms with Gasteiger partial charge in [0.25, 0.3) is 0 Å². The molecule has 1 atom stereocenters. The standard InChI is InChI=1S/C8H14S/c1-4-6(3)8-7(5-2)9-8/h7H,4-5H2,1-3H3/b8-6+. The lowest BCUT2D eigenvalue weighted by Crippen LogP contribution is -1.77. The van der Waals surface area contributed by atoms with Gasteiger partial charge in [-0.15, -0.1) is 11.8 Å². The first kappa shape index (κ1) is 7.20. The second-order valence-electron chi connectivity index (χ2n) is 2.51. The molecule has 0 aromatic carbocycles. The van der Waals surface area contributed by atoms with Crippen LogP contribution in [0.4, 0.5) is 0 Å². The van der Waals surface area contributed by atoms with Crippen LogP contribution in [0.2, 0.25) is 0 Å². The summed E-state index contributed by atoms with van der Waals surface area (Å²) in [4.78, 5) is 1.67. The lowest BCUT2D eigenvalue weighted by atomic mass is 10.2. The highest BCUT2D eigenvalue weighted by atomic mass is 32.2. The van der Waals surface area contributed by atoms with E-state index < -0.39 is 0 Å². The average Bonchev–Trinajstić information content (AvgIpc) is 2.64. The van der Waals surface area contributed by atoms with Crippen LogP contribution < -0.4 is 0 Å². The molecule has 9 heavy (non-hydrogen) atoms. The molecule has 0 amide bonds. The Morgan fingerprint density at radius 2 is 2.22 bits per heavy atom. The van der Waals surface area contributed by atoms with Gasteiger partial charge in [-0.25, -0.2) is 0 Å². The molecule has 0 saturated carbocycles. The Bertz CT molecular complexity index is 136. The van der Waals surface area contributed by atoms with E-state index in [4.69, 9.17) is 0 Å². The lowest BCUT2D eigenvalue weighted by Gasteiger charge is -1.88. The molecular weight excluding hydrogens is 128 g/mol. The molecule has 1 rings (SSSR count). The molecule has 0 spiro atoms. The Balaban J connectivity index is 2.46. The maximum atomic E-state index is 2.26.